The molecule has 0 saturated carbocycles. The number of hydrogen-bond donors (Lipinski definition) is 0. The standard InChI is InChI=1S/C11H10ClN/c1-3-9-5-4-6-10(12)11(9)8(2)7-13/h3-6,8H,1H2,2H3. The number of halogens is 1. The molecule has 13 heavy (non-hydrogen) atoms. The number of benzene rings is 1. The molecule has 0 aromatic heterocycles. The Balaban J connectivity index is 3.32. The predicted octanol–water partition coefficient (Wildman–Crippen LogP) is 3.61. The van der Waals surface area contributed by atoms with Gasteiger partial charge in [0.05, 0.1) is 12.0 Å². The van der Waals surface area contributed by atoms with Crippen LogP contribution in [0.5, 0.6) is 0 Å². The lowest BCUT2D eigenvalue weighted by Crippen LogP contribution is -1.94. The van der Waals surface area contributed by atoms with E-state index in [1.807, 2.05) is 19.1 Å². The van der Waals surface area contributed by atoms with Gasteiger partial charge in [-0.2, -0.15) is 5.26 Å². The van der Waals surface area contributed by atoms with Crippen molar-refractivity contribution in [3.8, 4) is 6.07 Å². The molecule has 1 rings (SSSR count). The van der Waals surface area contributed by atoms with Gasteiger partial charge in [0.15, 0.2) is 0 Å². The summed E-state index contributed by atoms with van der Waals surface area (Å²) in [6.07, 6.45) is 1.72. The van der Waals surface area contributed by atoms with Crippen LogP contribution in [0.25, 0.3) is 6.08 Å². The van der Waals surface area contributed by atoms with E-state index in [1.54, 1.807) is 12.1 Å². The minimum Gasteiger partial charge on any atom is -0.198 e. The van der Waals surface area contributed by atoms with Gasteiger partial charge < -0.3 is 0 Å². The van der Waals surface area contributed by atoms with E-state index in [2.05, 4.69) is 12.6 Å². The van der Waals surface area contributed by atoms with Crippen molar-refractivity contribution >= 4 is 17.7 Å². The zero-order valence-corrected chi connectivity index (χ0v) is 8.17. The maximum atomic E-state index is 8.79. The maximum Gasteiger partial charge on any atom is 0.0705 e. The molecule has 66 valence electrons. The molecule has 0 aliphatic carbocycles. The summed E-state index contributed by atoms with van der Waals surface area (Å²) in [6, 6.07) is 7.71. The summed E-state index contributed by atoms with van der Waals surface area (Å²) in [6.45, 7) is 5.51. The Morgan fingerprint density at radius 2 is 2.31 bits per heavy atom. The van der Waals surface area contributed by atoms with Crippen molar-refractivity contribution < 1.29 is 0 Å². The van der Waals surface area contributed by atoms with Crippen molar-refractivity contribution in [1.29, 1.82) is 5.26 Å². The van der Waals surface area contributed by atoms with Gasteiger partial charge in [-0.05, 0) is 24.1 Å². The van der Waals surface area contributed by atoms with E-state index in [4.69, 9.17) is 16.9 Å². The summed E-state index contributed by atoms with van der Waals surface area (Å²) in [5, 5.41) is 9.42. The second kappa shape index (κ2) is 4.11. The molecule has 0 aliphatic heterocycles. The second-order valence-electron chi connectivity index (χ2n) is 2.80. The zero-order chi connectivity index (χ0) is 9.84. The van der Waals surface area contributed by atoms with E-state index in [1.165, 1.54) is 0 Å². The number of nitriles is 1. The maximum absolute atomic E-state index is 8.79. The van der Waals surface area contributed by atoms with Gasteiger partial charge in [-0.1, -0.05) is 36.4 Å². The lowest BCUT2D eigenvalue weighted by atomic mass is 9.97. The summed E-state index contributed by atoms with van der Waals surface area (Å²) in [5.41, 5.74) is 1.79. The Hall–Kier alpha value is -1.26. The number of hydrogen-bond acceptors (Lipinski definition) is 1. The van der Waals surface area contributed by atoms with E-state index in [0.717, 1.165) is 11.1 Å². The molecule has 0 bridgehead atoms. The third-order valence-corrected chi connectivity index (χ3v) is 2.26. The Bertz CT molecular complexity index is 363. The van der Waals surface area contributed by atoms with Crippen LogP contribution in [0.4, 0.5) is 0 Å². The first-order valence-corrected chi connectivity index (χ1v) is 4.39. The molecule has 1 nitrogen and oxygen atoms in total. The van der Waals surface area contributed by atoms with E-state index in [9.17, 15) is 0 Å². The highest BCUT2D eigenvalue weighted by atomic mass is 35.5. The normalized spacial score (nSPS) is 11.8. The van der Waals surface area contributed by atoms with Gasteiger partial charge in [-0.15, -0.1) is 0 Å². The molecule has 0 spiro atoms. The third-order valence-electron chi connectivity index (χ3n) is 1.93. The minimum absolute atomic E-state index is 0.193. The van der Waals surface area contributed by atoms with Crippen LogP contribution in [0, 0.1) is 11.3 Å². The van der Waals surface area contributed by atoms with Crippen LogP contribution >= 0.6 is 11.6 Å². The molecule has 1 atom stereocenters. The highest BCUT2D eigenvalue weighted by molar-refractivity contribution is 6.31. The fraction of sp³-hybridized carbons (Fsp3) is 0.182. The number of rotatable bonds is 2. The average Bonchev–Trinajstić information content (AvgIpc) is 2.16. The molecule has 1 aromatic carbocycles. The van der Waals surface area contributed by atoms with Gasteiger partial charge in [0.2, 0.25) is 0 Å². The molecular weight excluding hydrogens is 182 g/mol. The Morgan fingerprint density at radius 3 is 2.85 bits per heavy atom. The highest BCUT2D eigenvalue weighted by Gasteiger charge is 2.11. The highest BCUT2D eigenvalue weighted by Crippen LogP contribution is 2.28. The van der Waals surface area contributed by atoms with Crippen LogP contribution in [-0.2, 0) is 0 Å². The summed E-state index contributed by atoms with van der Waals surface area (Å²) in [5.74, 6) is -0.193. The molecular formula is C11H10ClN. The van der Waals surface area contributed by atoms with Crippen LogP contribution < -0.4 is 0 Å². The molecule has 0 N–H and O–H groups in total. The summed E-state index contributed by atoms with van der Waals surface area (Å²) in [4.78, 5) is 0. The monoisotopic (exact) mass is 191 g/mol. The first-order chi connectivity index (χ1) is 6.20. The molecule has 0 radical (unpaired) electrons. The van der Waals surface area contributed by atoms with Crippen LogP contribution in [0.3, 0.4) is 0 Å². The van der Waals surface area contributed by atoms with Crippen LogP contribution in [-0.4, -0.2) is 0 Å². The molecule has 0 aliphatic rings. The van der Waals surface area contributed by atoms with Crippen LogP contribution in [0.1, 0.15) is 24.0 Å². The van der Waals surface area contributed by atoms with Gasteiger partial charge in [0, 0.05) is 5.02 Å². The minimum atomic E-state index is -0.193. The van der Waals surface area contributed by atoms with E-state index >= 15 is 0 Å². The second-order valence-corrected chi connectivity index (χ2v) is 3.20. The summed E-state index contributed by atoms with van der Waals surface area (Å²) >= 11 is 5.98. The summed E-state index contributed by atoms with van der Waals surface area (Å²) in [7, 11) is 0. The fourth-order valence-corrected chi connectivity index (χ4v) is 1.60. The van der Waals surface area contributed by atoms with Crippen molar-refractivity contribution in [1.82, 2.24) is 0 Å². The molecule has 0 fully saturated rings. The lowest BCUT2D eigenvalue weighted by Gasteiger charge is -2.09. The van der Waals surface area contributed by atoms with Crippen molar-refractivity contribution in [3.63, 3.8) is 0 Å². The van der Waals surface area contributed by atoms with Crippen molar-refractivity contribution in [2.75, 3.05) is 0 Å². The third kappa shape index (κ3) is 1.91. The molecule has 1 aromatic rings. The van der Waals surface area contributed by atoms with Gasteiger partial charge in [0.1, 0.15) is 0 Å². The Labute approximate surface area is 83.3 Å². The lowest BCUT2D eigenvalue weighted by molar-refractivity contribution is 0.978. The molecule has 2 heteroatoms. The average molecular weight is 192 g/mol. The topological polar surface area (TPSA) is 23.8 Å². The van der Waals surface area contributed by atoms with E-state index in [0.29, 0.717) is 5.02 Å². The van der Waals surface area contributed by atoms with E-state index < -0.39 is 0 Å². The SMILES string of the molecule is C=Cc1cccc(Cl)c1C(C)C#N. The summed E-state index contributed by atoms with van der Waals surface area (Å²) < 4.78 is 0. The fourth-order valence-electron chi connectivity index (χ4n) is 1.25. The molecule has 0 amide bonds. The first-order valence-electron chi connectivity index (χ1n) is 4.01. The van der Waals surface area contributed by atoms with Crippen LogP contribution in [0.15, 0.2) is 24.8 Å². The molecule has 1 unspecified atom stereocenters. The van der Waals surface area contributed by atoms with E-state index in [-0.39, 0.29) is 5.92 Å². The first kappa shape index (κ1) is 9.83. The largest absolute Gasteiger partial charge is 0.198 e. The smallest absolute Gasteiger partial charge is 0.0705 e. The van der Waals surface area contributed by atoms with Gasteiger partial charge in [-0.3, -0.25) is 0 Å². The zero-order valence-electron chi connectivity index (χ0n) is 7.42. The van der Waals surface area contributed by atoms with Gasteiger partial charge in [-0.25, -0.2) is 0 Å². The van der Waals surface area contributed by atoms with Gasteiger partial charge in [0.25, 0.3) is 0 Å². The van der Waals surface area contributed by atoms with Crippen molar-refractivity contribution in [3.05, 3.63) is 40.9 Å². The molecule has 0 heterocycles. The van der Waals surface area contributed by atoms with Crippen LogP contribution in [0.2, 0.25) is 5.02 Å². The van der Waals surface area contributed by atoms with Gasteiger partial charge >= 0.3 is 0 Å². The molecule has 0 saturated heterocycles. The van der Waals surface area contributed by atoms with Crippen molar-refractivity contribution in [2.24, 2.45) is 0 Å². The van der Waals surface area contributed by atoms with Crippen molar-refractivity contribution in [2.45, 2.75) is 12.8 Å². The number of nitrogens with zero attached hydrogens (tertiary/aromatic N) is 1. The quantitative estimate of drug-likeness (QED) is 0.701. The predicted molar refractivity (Wildman–Crippen MR) is 55.6 cm³/mol. The Morgan fingerprint density at radius 1 is 1.62 bits per heavy atom. The Kier molecular flexibility index (Phi) is 3.11.